The van der Waals surface area contributed by atoms with E-state index in [4.69, 9.17) is 9.47 Å². The standard InChI is InChI=1S/C22H26BrNO3/c1-22(2,3)27-21(25)24(19-9-10-19)14-17-11-18(23)13-20(12-17)26-15-16-7-5-4-6-8-16/h4-8,11-13,19H,9-10,14-15H2,1-3H3. The van der Waals surface area contributed by atoms with Gasteiger partial charge in [0.25, 0.3) is 0 Å². The summed E-state index contributed by atoms with van der Waals surface area (Å²) in [5, 5.41) is 0. The molecule has 0 heterocycles. The highest BCUT2D eigenvalue weighted by Gasteiger charge is 2.35. The predicted molar refractivity (Wildman–Crippen MR) is 110 cm³/mol. The number of hydrogen-bond donors (Lipinski definition) is 0. The first-order chi connectivity index (χ1) is 12.8. The number of carbonyl (C=O) groups is 1. The minimum atomic E-state index is -0.495. The lowest BCUT2D eigenvalue weighted by Gasteiger charge is -2.27. The average molecular weight is 432 g/mol. The maximum atomic E-state index is 12.6. The highest BCUT2D eigenvalue weighted by molar-refractivity contribution is 9.10. The highest BCUT2D eigenvalue weighted by atomic mass is 79.9. The van der Waals surface area contributed by atoms with Crippen LogP contribution in [0.4, 0.5) is 4.79 Å². The normalized spacial score (nSPS) is 13.9. The van der Waals surface area contributed by atoms with E-state index in [-0.39, 0.29) is 12.1 Å². The van der Waals surface area contributed by atoms with Crippen LogP contribution in [-0.4, -0.2) is 22.6 Å². The Morgan fingerprint density at radius 3 is 2.44 bits per heavy atom. The summed E-state index contributed by atoms with van der Waals surface area (Å²) < 4.78 is 12.5. The molecule has 0 spiro atoms. The summed E-state index contributed by atoms with van der Waals surface area (Å²) in [5.41, 5.74) is 1.64. The van der Waals surface area contributed by atoms with Crippen molar-refractivity contribution in [1.82, 2.24) is 4.90 Å². The molecule has 0 atom stereocenters. The molecular weight excluding hydrogens is 406 g/mol. The van der Waals surface area contributed by atoms with Gasteiger partial charge in [0.15, 0.2) is 0 Å². The number of nitrogens with zero attached hydrogens (tertiary/aromatic N) is 1. The second-order valence-electron chi connectivity index (χ2n) is 7.91. The van der Waals surface area contributed by atoms with E-state index in [1.165, 1.54) is 0 Å². The van der Waals surface area contributed by atoms with Crippen LogP contribution in [0.1, 0.15) is 44.7 Å². The van der Waals surface area contributed by atoms with Crippen LogP contribution in [0.3, 0.4) is 0 Å². The molecule has 0 aliphatic heterocycles. The fourth-order valence-electron chi connectivity index (χ4n) is 2.78. The first-order valence-corrected chi connectivity index (χ1v) is 10.1. The van der Waals surface area contributed by atoms with Crippen molar-refractivity contribution >= 4 is 22.0 Å². The molecule has 144 valence electrons. The third kappa shape index (κ3) is 6.28. The van der Waals surface area contributed by atoms with Crippen LogP contribution < -0.4 is 4.74 Å². The van der Waals surface area contributed by atoms with Crippen molar-refractivity contribution in [1.29, 1.82) is 0 Å². The molecule has 0 saturated heterocycles. The minimum Gasteiger partial charge on any atom is -0.489 e. The van der Waals surface area contributed by atoms with Gasteiger partial charge in [-0.05, 0) is 62.9 Å². The van der Waals surface area contributed by atoms with Crippen LogP contribution >= 0.6 is 15.9 Å². The van der Waals surface area contributed by atoms with Crippen LogP contribution in [0.5, 0.6) is 5.75 Å². The Hall–Kier alpha value is -2.01. The van der Waals surface area contributed by atoms with Crippen molar-refractivity contribution in [2.75, 3.05) is 0 Å². The van der Waals surface area contributed by atoms with Crippen molar-refractivity contribution in [2.45, 2.75) is 58.4 Å². The van der Waals surface area contributed by atoms with Gasteiger partial charge in [-0.15, -0.1) is 0 Å². The maximum Gasteiger partial charge on any atom is 0.410 e. The Bertz CT molecular complexity index is 782. The van der Waals surface area contributed by atoms with Crippen LogP contribution in [0.25, 0.3) is 0 Å². The second kappa shape index (κ2) is 8.34. The van der Waals surface area contributed by atoms with Gasteiger partial charge in [0, 0.05) is 17.1 Å². The number of ether oxygens (including phenoxy) is 2. The SMILES string of the molecule is CC(C)(C)OC(=O)N(Cc1cc(Br)cc(OCc2ccccc2)c1)C1CC1. The molecule has 0 N–H and O–H groups in total. The molecule has 27 heavy (non-hydrogen) atoms. The molecule has 0 aromatic heterocycles. The van der Waals surface area contributed by atoms with Crippen molar-refractivity contribution in [3.63, 3.8) is 0 Å². The van der Waals surface area contributed by atoms with Crippen molar-refractivity contribution in [3.8, 4) is 5.75 Å². The summed E-state index contributed by atoms with van der Waals surface area (Å²) in [6.45, 7) is 6.70. The summed E-state index contributed by atoms with van der Waals surface area (Å²) in [6.07, 6.45) is 1.81. The van der Waals surface area contributed by atoms with Crippen molar-refractivity contribution in [3.05, 3.63) is 64.1 Å². The van der Waals surface area contributed by atoms with Gasteiger partial charge in [-0.3, -0.25) is 0 Å². The largest absolute Gasteiger partial charge is 0.489 e. The van der Waals surface area contributed by atoms with Gasteiger partial charge in [-0.25, -0.2) is 4.79 Å². The zero-order chi connectivity index (χ0) is 19.4. The summed E-state index contributed by atoms with van der Waals surface area (Å²) in [5.74, 6) is 0.781. The molecule has 1 fully saturated rings. The van der Waals surface area contributed by atoms with E-state index in [0.29, 0.717) is 13.2 Å². The summed E-state index contributed by atoms with van der Waals surface area (Å²) in [7, 11) is 0. The Morgan fingerprint density at radius 1 is 1.11 bits per heavy atom. The number of hydrogen-bond acceptors (Lipinski definition) is 3. The van der Waals surface area contributed by atoms with Crippen LogP contribution in [0.15, 0.2) is 53.0 Å². The van der Waals surface area contributed by atoms with Gasteiger partial charge >= 0.3 is 6.09 Å². The van der Waals surface area contributed by atoms with Crippen molar-refractivity contribution in [2.24, 2.45) is 0 Å². The summed E-state index contributed by atoms with van der Waals surface area (Å²) in [4.78, 5) is 14.4. The Labute approximate surface area is 169 Å². The van der Waals surface area contributed by atoms with E-state index in [2.05, 4.69) is 15.9 Å². The van der Waals surface area contributed by atoms with Crippen molar-refractivity contribution < 1.29 is 14.3 Å². The molecule has 2 aromatic rings. The van der Waals surface area contributed by atoms with Gasteiger partial charge in [0.2, 0.25) is 0 Å². The molecule has 1 aliphatic rings. The second-order valence-corrected chi connectivity index (χ2v) is 8.82. The van der Waals surface area contributed by atoms with Gasteiger partial charge in [-0.1, -0.05) is 46.3 Å². The number of halogens is 1. The summed E-state index contributed by atoms with van der Waals surface area (Å²) in [6, 6.07) is 16.3. The molecule has 4 nitrogen and oxygen atoms in total. The monoisotopic (exact) mass is 431 g/mol. The fourth-order valence-corrected chi connectivity index (χ4v) is 3.30. The van der Waals surface area contributed by atoms with Gasteiger partial charge in [0.1, 0.15) is 18.0 Å². The quantitative estimate of drug-likeness (QED) is 0.568. The zero-order valence-corrected chi connectivity index (χ0v) is 17.7. The molecule has 5 heteroatoms. The van der Waals surface area contributed by atoms with Gasteiger partial charge < -0.3 is 14.4 Å². The molecule has 0 bridgehead atoms. The zero-order valence-electron chi connectivity index (χ0n) is 16.1. The van der Waals surface area contributed by atoms with Gasteiger partial charge in [-0.2, -0.15) is 0 Å². The van der Waals surface area contributed by atoms with Crippen LogP contribution in [0.2, 0.25) is 0 Å². The highest BCUT2D eigenvalue weighted by Crippen LogP contribution is 2.31. The van der Waals surface area contributed by atoms with Crippen LogP contribution in [-0.2, 0) is 17.9 Å². The van der Waals surface area contributed by atoms with E-state index >= 15 is 0 Å². The number of carbonyl (C=O) groups excluding carboxylic acids is 1. The number of benzene rings is 2. The topological polar surface area (TPSA) is 38.8 Å². The smallest absolute Gasteiger partial charge is 0.410 e. The third-order valence-corrected chi connectivity index (χ3v) is 4.61. The van der Waals surface area contributed by atoms with E-state index < -0.39 is 5.60 Å². The van der Waals surface area contributed by atoms with Gasteiger partial charge in [0.05, 0.1) is 0 Å². The Morgan fingerprint density at radius 2 is 1.81 bits per heavy atom. The lowest BCUT2D eigenvalue weighted by Crippen LogP contribution is -2.37. The number of rotatable bonds is 6. The molecule has 1 amide bonds. The third-order valence-electron chi connectivity index (χ3n) is 4.15. The molecule has 1 saturated carbocycles. The van der Waals surface area contributed by atoms with E-state index in [1.807, 2.05) is 74.2 Å². The Kier molecular flexibility index (Phi) is 6.10. The first-order valence-electron chi connectivity index (χ1n) is 9.26. The molecule has 0 unspecified atom stereocenters. The lowest BCUT2D eigenvalue weighted by molar-refractivity contribution is 0.0216. The van der Waals surface area contributed by atoms with E-state index in [9.17, 15) is 4.79 Å². The summed E-state index contributed by atoms with van der Waals surface area (Å²) >= 11 is 3.55. The molecule has 2 aromatic carbocycles. The fraction of sp³-hybridized carbons (Fsp3) is 0.409. The Balaban J connectivity index is 1.69. The lowest BCUT2D eigenvalue weighted by atomic mass is 10.2. The molecular formula is C22H26BrNO3. The minimum absolute atomic E-state index is 0.253. The molecule has 3 rings (SSSR count). The molecule has 1 aliphatic carbocycles. The average Bonchev–Trinajstić information content (AvgIpc) is 3.42. The predicted octanol–water partition coefficient (Wildman–Crippen LogP) is 5.93. The van der Waals surface area contributed by atoms with E-state index in [0.717, 1.165) is 34.2 Å². The first kappa shape index (κ1) is 19.7. The number of amides is 1. The van der Waals surface area contributed by atoms with Crippen LogP contribution in [0, 0.1) is 0 Å². The maximum absolute atomic E-state index is 12.6. The van der Waals surface area contributed by atoms with E-state index in [1.54, 1.807) is 0 Å². The molecule has 0 radical (unpaired) electrons.